The van der Waals surface area contributed by atoms with Gasteiger partial charge in [-0.15, -0.1) is 0 Å². The Morgan fingerprint density at radius 2 is 2.05 bits per heavy atom. The normalized spacial score (nSPS) is 11.6. The van der Waals surface area contributed by atoms with Crippen LogP contribution >= 0.6 is 0 Å². The minimum absolute atomic E-state index is 0.0306. The van der Waals surface area contributed by atoms with Gasteiger partial charge < -0.3 is 14.8 Å². The molecule has 1 N–H and O–H groups in total. The van der Waals surface area contributed by atoms with E-state index in [0.717, 1.165) is 0 Å². The van der Waals surface area contributed by atoms with Crippen LogP contribution in [0.25, 0.3) is 0 Å². The van der Waals surface area contributed by atoms with Crippen LogP contribution in [0, 0.1) is 5.82 Å². The van der Waals surface area contributed by atoms with Crippen LogP contribution in [0.2, 0.25) is 0 Å². The van der Waals surface area contributed by atoms with E-state index in [1.807, 2.05) is 0 Å². The van der Waals surface area contributed by atoms with Gasteiger partial charge in [-0.3, -0.25) is 0 Å². The molecule has 0 atom stereocenters. The lowest BCUT2D eigenvalue weighted by Crippen LogP contribution is -2.19. The molecule has 0 heterocycles. The van der Waals surface area contributed by atoms with Crippen molar-refractivity contribution in [3.8, 4) is 5.75 Å². The molecule has 1 aromatic carbocycles. The Hall–Kier alpha value is -1.18. The van der Waals surface area contributed by atoms with E-state index < -0.39 is 15.7 Å². The van der Waals surface area contributed by atoms with Gasteiger partial charge in [-0.2, -0.15) is 0 Å². The van der Waals surface area contributed by atoms with Crippen LogP contribution in [0.5, 0.6) is 5.75 Å². The molecule has 5 nitrogen and oxygen atoms in total. The van der Waals surface area contributed by atoms with Gasteiger partial charge in [0.25, 0.3) is 0 Å². The third-order valence-corrected chi connectivity index (χ3v) is 3.78. The SMILES string of the molecule is COCCNCc1cccc(F)c1OCCCS(C)(=O)=O. The third kappa shape index (κ3) is 7.40. The predicted molar refractivity (Wildman–Crippen MR) is 79.8 cm³/mol. The average molecular weight is 319 g/mol. The smallest absolute Gasteiger partial charge is 0.165 e. The maximum absolute atomic E-state index is 13.8. The van der Waals surface area contributed by atoms with Crippen molar-refractivity contribution in [2.24, 2.45) is 0 Å². The number of rotatable bonds is 10. The van der Waals surface area contributed by atoms with E-state index in [0.29, 0.717) is 31.7 Å². The molecule has 0 aliphatic carbocycles. The number of ether oxygens (including phenoxy) is 2. The fourth-order valence-corrected chi connectivity index (χ4v) is 2.39. The molecular formula is C14H22FNO4S. The summed E-state index contributed by atoms with van der Waals surface area (Å²) in [5.41, 5.74) is 0.699. The highest BCUT2D eigenvalue weighted by molar-refractivity contribution is 7.90. The van der Waals surface area contributed by atoms with Gasteiger partial charge in [0.2, 0.25) is 0 Å². The van der Waals surface area contributed by atoms with Crippen molar-refractivity contribution in [1.82, 2.24) is 5.32 Å². The van der Waals surface area contributed by atoms with Crippen molar-refractivity contribution in [2.45, 2.75) is 13.0 Å². The number of benzene rings is 1. The number of para-hydroxylation sites is 1. The van der Waals surface area contributed by atoms with Crippen molar-refractivity contribution in [3.63, 3.8) is 0 Å². The molecule has 1 aromatic rings. The van der Waals surface area contributed by atoms with E-state index in [-0.39, 0.29) is 18.1 Å². The summed E-state index contributed by atoms with van der Waals surface area (Å²) < 4.78 is 46.2. The minimum atomic E-state index is -3.02. The van der Waals surface area contributed by atoms with Crippen molar-refractivity contribution in [1.29, 1.82) is 0 Å². The molecule has 0 bridgehead atoms. The average Bonchev–Trinajstić information content (AvgIpc) is 2.40. The molecule has 21 heavy (non-hydrogen) atoms. The van der Waals surface area contributed by atoms with Crippen LogP contribution < -0.4 is 10.1 Å². The molecule has 0 aliphatic heterocycles. The first kappa shape index (κ1) is 17.9. The first-order valence-electron chi connectivity index (χ1n) is 6.71. The molecule has 7 heteroatoms. The molecule has 0 saturated heterocycles. The molecule has 0 saturated carbocycles. The van der Waals surface area contributed by atoms with Gasteiger partial charge >= 0.3 is 0 Å². The Bertz CT molecular complexity index is 534. The first-order chi connectivity index (χ1) is 9.94. The van der Waals surface area contributed by atoms with Crippen LogP contribution in [0.3, 0.4) is 0 Å². The third-order valence-electron chi connectivity index (χ3n) is 2.75. The number of methoxy groups -OCH3 is 1. The summed E-state index contributed by atoms with van der Waals surface area (Å²) in [6, 6.07) is 4.71. The topological polar surface area (TPSA) is 64.6 Å². The molecule has 0 fully saturated rings. The number of halogens is 1. The van der Waals surface area contributed by atoms with Gasteiger partial charge in [0, 0.05) is 32.0 Å². The molecule has 0 aromatic heterocycles. The Morgan fingerprint density at radius 1 is 1.29 bits per heavy atom. The van der Waals surface area contributed by atoms with Crippen molar-refractivity contribution in [2.75, 3.05) is 38.9 Å². The minimum Gasteiger partial charge on any atom is -0.490 e. The van der Waals surface area contributed by atoms with E-state index >= 15 is 0 Å². The Kier molecular flexibility index (Phi) is 7.63. The second-order valence-electron chi connectivity index (χ2n) is 4.73. The van der Waals surface area contributed by atoms with Crippen LogP contribution in [0.1, 0.15) is 12.0 Å². The van der Waals surface area contributed by atoms with Gasteiger partial charge in [0.1, 0.15) is 9.84 Å². The molecule has 1 rings (SSSR count). The monoisotopic (exact) mass is 319 g/mol. The lowest BCUT2D eigenvalue weighted by molar-refractivity contribution is 0.199. The first-order valence-corrected chi connectivity index (χ1v) is 8.77. The molecular weight excluding hydrogens is 297 g/mol. The molecule has 0 amide bonds. The molecule has 0 spiro atoms. The fourth-order valence-electron chi connectivity index (χ4n) is 1.75. The molecule has 0 radical (unpaired) electrons. The predicted octanol–water partition coefficient (Wildman–Crippen LogP) is 1.38. The van der Waals surface area contributed by atoms with Crippen molar-refractivity contribution in [3.05, 3.63) is 29.6 Å². The zero-order valence-electron chi connectivity index (χ0n) is 12.4. The molecule has 120 valence electrons. The summed E-state index contributed by atoms with van der Waals surface area (Å²) in [6.07, 6.45) is 1.50. The van der Waals surface area contributed by atoms with Crippen molar-refractivity contribution < 1.29 is 22.3 Å². The Morgan fingerprint density at radius 3 is 2.71 bits per heavy atom. The zero-order valence-corrected chi connectivity index (χ0v) is 13.2. The van der Waals surface area contributed by atoms with Gasteiger partial charge in [-0.1, -0.05) is 12.1 Å². The lowest BCUT2D eigenvalue weighted by Gasteiger charge is -2.13. The highest BCUT2D eigenvalue weighted by atomic mass is 32.2. The molecule has 0 aliphatic rings. The summed E-state index contributed by atoms with van der Waals surface area (Å²) in [5.74, 6) is -0.237. The second-order valence-corrected chi connectivity index (χ2v) is 6.99. The summed E-state index contributed by atoms with van der Waals surface area (Å²) in [5, 5.41) is 3.12. The van der Waals surface area contributed by atoms with Crippen LogP contribution in [0.15, 0.2) is 18.2 Å². The lowest BCUT2D eigenvalue weighted by atomic mass is 10.2. The zero-order chi connectivity index (χ0) is 15.7. The quantitative estimate of drug-likeness (QED) is 0.660. The van der Waals surface area contributed by atoms with E-state index in [2.05, 4.69) is 5.32 Å². The van der Waals surface area contributed by atoms with E-state index in [9.17, 15) is 12.8 Å². The largest absolute Gasteiger partial charge is 0.490 e. The number of sulfone groups is 1. The second kappa shape index (κ2) is 8.96. The van der Waals surface area contributed by atoms with Gasteiger partial charge in [0.15, 0.2) is 11.6 Å². The van der Waals surface area contributed by atoms with Crippen LogP contribution in [-0.4, -0.2) is 47.3 Å². The maximum atomic E-state index is 13.8. The van der Waals surface area contributed by atoms with Gasteiger partial charge in [-0.05, 0) is 12.5 Å². The highest BCUT2D eigenvalue weighted by Gasteiger charge is 2.10. The van der Waals surface area contributed by atoms with E-state index in [4.69, 9.17) is 9.47 Å². The molecule has 0 unspecified atom stereocenters. The summed E-state index contributed by atoms with van der Waals surface area (Å²) in [6.45, 7) is 1.85. The van der Waals surface area contributed by atoms with Gasteiger partial charge in [-0.25, -0.2) is 12.8 Å². The fraction of sp³-hybridized carbons (Fsp3) is 0.571. The van der Waals surface area contributed by atoms with E-state index in [1.54, 1.807) is 19.2 Å². The summed E-state index contributed by atoms with van der Waals surface area (Å²) >= 11 is 0. The van der Waals surface area contributed by atoms with Gasteiger partial charge in [0.05, 0.1) is 19.0 Å². The highest BCUT2D eigenvalue weighted by Crippen LogP contribution is 2.22. The Labute approximate surface area is 125 Å². The van der Waals surface area contributed by atoms with Crippen LogP contribution in [0.4, 0.5) is 4.39 Å². The summed E-state index contributed by atoms with van der Waals surface area (Å²) in [7, 11) is -1.41. The van der Waals surface area contributed by atoms with Crippen LogP contribution in [-0.2, 0) is 21.1 Å². The maximum Gasteiger partial charge on any atom is 0.165 e. The number of hydrogen-bond acceptors (Lipinski definition) is 5. The number of nitrogens with one attached hydrogen (secondary N) is 1. The van der Waals surface area contributed by atoms with E-state index in [1.165, 1.54) is 12.3 Å². The standard InChI is InChI=1S/C14H22FNO4S/c1-19-9-7-16-11-12-5-3-6-13(15)14(12)20-8-4-10-21(2,17)18/h3,5-6,16H,4,7-11H2,1-2H3. The van der Waals surface area contributed by atoms with Crippen molar-refractivity contribution >= 4 is 9.84 Å². The Balaban J connectivity index is 2.54. The number of hydrogen-bond donors (Lipinski definition) is 1. The summed E-state index contributed by atoms with van der Waals surface area (Å²) in [4.78, 5) is 0.